The van der Waals surface area contributed by atoms with E-state index in [2.05, 4.69) is 10.3 Å². The first-order valence-corrected chi connectivity index (χ1v) is 6.01. The average Bonchev–Trinajstić information content (AvgIpc) is 2.78. The topological polar surface area (TPSA) is 38.1 Å². The number of nitrogens with one attached hydrogen (secondary N) is 1. The zero-order valence-electron chi connectivity index (χ0n) is 9.96. The van der Waals surface area contributed by atoms with Crippen molar-refractivity contribution in [1.82, 2.24) is 10.3 Å². The molecule has 0 unspecified atom stereocenters. The van der Waals surface area contributed by atoms with Crippen molar-refractivity contribution in [1.29, 1.82) is 0 Å². The Balaban J connectivity index is 2.27. The lowest BCUT2D eigenvalue weighted by molar-refractivity contribution is 0.482. The number of aromatic nitrogens is 1. The van der Waals surface area contributed by atoms with Gasteiger partial charge in [-0.3, -0.25) is 0 Å². The smallest absolute Gasteiger partial charge is 0.208 e. The first-order valence-electron chi connectivity index (χ1n) is 5.63. The van der Waals surface area contributed by atoms with Gasteiger partial charge in [0.25, 0.3) is 0 Å². The zero-order valence-corrected chi connectivity index (χ0v) is 10.7. The van der Waals surface area contributed by atoms with Crippen LogP contribution in [0.25, 0.3) is 11.3 Å². The van der Waals surface area contributed by atoms with Crippen LogP contribution in [0.5, 0.6) is 0 Å². The fourth-order valence-corrected chi connectivity index (χ4v) is 1.81. The third-order valence-electron chi connectivity index (χ3n) is 2.54. The van der Waals surface area contributed by atoms with E-state index in [4.69, 9.17) is 16.0 Å². The van der Waals surface area contributed by atoms with Gasteiger partial charge in [0.05, 0.1) is 17.8 Å². The number of aryl methyl sites for hydroxylation is 1. The molecule has 0 bridgehead atoms. The van der Waals surface area contributed by atoms with Gasteiger partial charge >= 0.3 is 0 Å². The summed E-state index contributed by atoms with van der Waals surface area (Å²) < 4.78 is 5.65. The standard InChI is InChI=1S/C13H15ClN2O/c1-3-15-8-12-16-7-11(17-12)10-6-4-5-9(2)13(10)14/h4-7,15H,3,8H2,1-2H3. The highest BCUT2D eigenvalue weighted by Gasteiger charge is 2.10. The molecule has 1 aromatic carbocycles. The van der Waals surface area contributed by atoms with Crippen molar-refractivity contribution >= 4 is 11.6 Å². The van der Waals surface area contributed by atoms with Crippen LogP contribution in [0.15, 0.2) is 28.8 Å². The lowest BCUT2D eigenvalue weighted by Crippen LogP contribution is -2.11. The molecular formula is C13H15ClN2O. The van der Waals surface area contributed by atoms with Gasteiger partial charge < -0.3 is 9.73 Å². The van der Waals surface area contributed by atoms with E-state index in [0.29, 0.717) is 18.2 Å². The molecule has 90 valence electrons. The normalized spacial score (nSPS) is 10.8. The van der Waals surface area contributed by atoms with Gasteiger partial charge in [0, 0.05) is 5.56 Å². The van der Waals surface area contributed by atoms with Gasteiger partial charge in [-0.1, -0.05) is 30.7 Å². The van der Waals surface area contributed by atoms with Crippen molar-refractivity contribution < 1.29 is 4.42 Å². The predicted molar refractivity (Wildman–Crippen MR) is 69.1 cm³/mol. The maximum Gasteiger partial charge on any atom is 0.208 e. The summed E-state index contributed by atoms with van der Waals surface area (Å²) in [5, 5.41) is 3.89. The first kappa shape index (κ1) is 12.1. The summed E-state index contributed by atoms with van der Waals surface area (Å²) >= 11 is 6.24. The van der Waals surface area contributed by atoms with E-state index in [1.807, 2.05) is 32.0 Å². The number of oxazole rings is 1. The fourth-order valence-electron chi connectivity index (χ4n) is 1.59. The Hall–Kier alpha value is -1.32. The molecule has 0 saturated heterocycles. The number of nitrogens with zero attached hydrogens (tertiary/aromatic N) is 1. The van der Waals surface area contributed by atoms with Crippen LogP contribution in [0.3, 0.4) is 0 Å². The lowest BCUT2D eigenvalue weighted by Gasteiger charge is -2.02. The third kappa shape index (κ3) is 2.68. The van der Waals surface area contributed by atoms with Crippen molar-refractivity contribution in [2.45, 2.75) is 20.4 Å². The van der Waals surface area contributed by atoms with Gasteiger partial charge in [-0.2, -0.15) is 0 Å². The molecule has 0 amide bonds. The Bertz CT molecular complexity index is 508. The minimum atomic E-state index is 0.639. The monoisotopic (exact) mass is 250 g/mol. The van der Waals surface area contributed by atoms with Crippen molar-refractivity contribution in [3.8, 4) is 11.3 Å². The Labute approximate surface area is 106 Å². The molecule has 0 radical (unpaired) electrons. The molecule has 3 nitrogen and oxygen atoms in total. The molecule has 2 aromatic rings. The molecule has 1 heterocycles. The van der Waals surface area contributed by atoms with E-state index in [1.54, 1.807) is 6.20 Å². The summed E-state index contributed by atoms with van der Waals surface area (Å²) in [5.74, 6) is 1.39. The van der Waals surface area contributed by atoms with Crippen LogP contribution in [0.2, 0.25) is 5.02 Å². The van der Waals surface area contributed by atoms with E-state index in [1.165, 1.54) is 0 Å². The molecule has 4 heteroatoms. The molecule has 0 fully saturated rings. The molecule has 1 N–H and O–H groups in total. The predicted octanol–water partition coefficient (Wildman–Crippen LogP) is 3.41. The van der Waals surface area contributed by atoms with Crippen molar-refractivity contribution in [3.05, 3.63) is 40.9 Å². The lowest BCUT2D eigenvalue weighted by atomic mass is 10.1. The molecule has 2 rings (SSSR count). The Morgan fingerprint density at radius 3 is 3.00 bits per heavy atom. The quantitative estimate of drug-likeness (QED) is 0.904. The number of benzene rings is 1. The number of hydrogen-bond donors (Lipinski definition) is 1. The van der Waals surface area contributed by atoms with Gasteiger partial charge in [-0.25, -0.2) is 4.98 Å². The van der Waals surface area contributed by atoms with Crippen molar-refractivity contribution in [2.24, 2.45) is 0 Å². The maximum absolute atomic E-state index is 6.24. The fraction of sp³-hybridized carbons (Fsp3) is 0.308. The van der Waals surface area contributed by atoms with E-state index in [9.17, 15) is 0 Å². The molecule has 0 saturated carbocycles. The Kier molecular flexibility index (Phi) is 3.82. The van der Waals surface area contributed by atoms with Gasteiger partial charge in [0.2, 0.25) is 5.89 Å². The molecular weight excluding hydrogens is 236 g/mol. The van der Waals surface area contributed by atoms with Crippen LogP contribution in [0.1, 0.15) is 18.4 Å². The summed E-state index contributed by atoms with van der Waals surface area (Å²) in [6, 6.07) is 5.87. The van der Waals surface area contributed by atoms with Crippen molar-refractivity contribution in [2.75, 3.05) is 6.54 Å². The van der Waals surface area contributed by atoms with E-state index < -0.39 is 0 Å². The molecule has 0 spiro atoms. The third-order valence-corrected chi connectivity index (χ3v) is 3.04. The second-order valence-electron chi connectivity index (χ2n) is 3.84. The Morgan fingerprint density at radius 1 is 1.41 bits per heavy atom. The molecule has 0 aliphatic heterocycles. The van der Waals surface area contributed by atoms with E-state index in [-0.39, 0.29) is 0 Å². The summed E-state index contributed by atoms with van der Waals surface area (Å²) in [5.41, 5.74) is 1.93. The largest absolute Gasteiger partial charge is 0.439 e. The van der Waals surface area contributed by atoms with Crippen LogP contribution >= 0.6 is 11.6 Å². The molecule has 17 heavy (non-hydrogen) atoms. The van der Waals surface area contributed by atoms with Gasteiger partial charge in [0.1, 0.15) is 0 Å². The van der Waals surface area contributed by atoms with Crippen LogP contribution in [0, 0.1) is 6.92 Å². The molecule has 0 atom stereocenters. The summed E-state index contributed by atoms with van der Waals surface area (Å²) in [6.45, 7) is 5.55. The van der Waals surface area contributed by atoms with Gasteiger partial charge in [0.15, 0.2) is 5.76 Å². The van der Waals surface area contributed by atoms with Gasteiger partial charge in [-0.15, -0.1) is 0 Å². The van der Waals surface area contributed by atoms with Crippen LogP contribution in [-0.4, -0.2) is 11.5 Å². The number of rotatable bonds is 4. The molecule has 1 aromatic heterocycles. The second kappa shape index (κ2) is 5.34. The highest BCUT2D eigenvalue weighted by Crippen LogP contribution is 2.30. The Morgan fingerprint density at radius 2 is 2.24 bits per heavy atom. The van der Waals surface area contributed by atoms with Gasteiger partial charge in [-0.05, 0) is 25.1 Å². The van der Waals surface area contributed by atoms with Crippen LogP contribution in [0.4, 0.5) is 0 Å². The zero-order chi connectivity index (χ0) is 12.3. The summed E-state index contributed by atoms with van der Waals surface area (Å²) in [7, 11) is 0. The van der Waals surface area contributed by atoms with Crippen LogP contribution < -0.4 is 5.32 Å². The average molecular weight is 251 g/mol. The number of hydrogen-bond acceptors (Lipinski definition) is 3. The first-order chi connectivity index (χ1) is 8.22. The molecule has 0 aliphatic rings. The maximum atomic E-state index is 6.24. The van der Waals surface area contributed by atoms with E-state index in [0.717, 1.165) is 22.7 Å². The second-order valence-corrected chi connectivity index (χ2v) is 4.21. The number of halogens is 1. The SMILES string of the molecule is CCNCc1ncc(-c2cccc(C)c2Cl)o1. The molecule has 0 aliphatic carbocycles. The summed E-state index contributed by atoms with van der Waals surface area (Å²) in [6.07, 6.45) is 1.72. The van der Waals surface area contributed by atoms with Crippen molar-refractivity contribution in [3.63, 3.8) is 0 Å². The minimum Gasteiger partial charge on any atom is -0.439 e. The highest BCUT2D eigenvalue weighted by atomic mass is 35.5. The minimum absolute atomic E-state index is 0.639. The van der Waals surface area contributed by atoms with E-state index >= 15 is 0 Å². The summed E-state index contributed by atoms with van der Waals surface area (Å²) in [4.78, 5) is 4.21. The highest BCUT2D eigenvalue weighted by molar-refractivity contribution is 6.33. The van der Waals surface area contributed by atoms with Crippen LogP contribution in [-0.2, 0) is 6.54 Å².